The molecule has 0 saturated heterocycles. The van der Waals surface area contributed by atoms with Crippen LogP contribution < -0.4 is 5.32 Å². The standard InChI is InChI=1S/C13H13N2/c1-9-5-4-6-12(10(9)2)11(3)13-7-14-8-15-13/h4-8H,3H2,1-2H3. The highest BCUT2D eigenvalue weighted by Crippen LogP contribution is 2.25. The predicted molar refractivity (Wildman–Crippen MR) is 63.7 cm³/mol. The van der Waals surface area contributed by atoms with E-state index in [4.69, 9.17) is 0 Å². The maximum Gasteiger partial charge on any atom is 0.116 e. The van der Waals surface area contributed by atoms with Crippen LogP contribution in [0.2, 0.25) is 0 Å². The molecular formula is C13H13N2. The maximum absolute atomic E-state index is 4.15. The fraction of sp³-hybridized carbons (Fsp3) is 0.154. The second-order valence-corrected chi connectivity index (χ2v) is 3.63. The van der Waals surface area contributed by atoms with E-state index >= 15 is 0 Å². The Hall–Kier alpha value is -1.83. The molecule has 1 aliphatic heterocycles. The van der Waals surface area contributed by atoms with E-state index in [0.717, 1.165) is 16.8 Å². The molecule has 0 unspecified atom stereocenters. The quantitative estimate of drug-likeness (QED) is 0.697. The van der Waals surface area contributed by atoms with Gasteiger partial charge in [0.05, 0.1) is 11.9 Å². The summed E-state index contributed by atoms with van der Waals surface area (Å²) in [5, 5.41) is 4.15. The van der Waals surface area contributed by atoms with E-state index in [1.54, 1.807) is 12.5 Å². The van der Waals surface area contributed by atoms with Gasteiger partial charge in [0.25, 0.3) is 0 Å². The van der Waals surface area contributed by atoms with Crippen LogP contribution in [0.1, 0.15) is 16.7 Å². The molecule has 1 heterocycles. The average Bonchev–Trinajstić information content (AvgIpc) is 2.74. The van der Waals surface area contributed by atoms with Crippen molar-refractivity contribution >= 4 is 11.9 Å². The minimum atomic E-state index is 0.851. The van der Waals surface area contributed by atoms with E-state index in [-0.39, 0.29) is 0 Å². The Labute approximate surface area is 90.0 Å². The normalized spacial score (nSPS) is 13.6. The largest absolute Gasteiger partial charge is 0.243 e. The van der Waals surface area contributed by atoms with Crippen molar-refractivity contribution in [3.8, 4) is 0 Å². The lowest BCUT2D eigenvalue weighted by atomic mass is 9.96. The van der Waals surface area contributed by atoms with Crippen molar-refractivity contribution in [1.82, 2.24) is 5.32 Å². The number of allylic oxidation sites excluding steroid dienone is 1. The Bertz CT molecular complexity index is 467. The SMILES string of the molecule is C=C(C1=CN=C[N]1)c1cccc(C)c1C. The van der Waals surface area contributed by atoms with Crippen molar-refractivity contribution in [2.45, 2.75) is 13.8 Å². The van der Waals surface area contributed by atoms with Gasteiger partial charge in [-0.2, -0.15) is 0 Å². The molecule has 0 aromatic heterocycles. The number of aliphatic imine (C=N–C) groups is 1. The summed E-state index contributed by atoms with van der Waals surface area (Å²) in [6.07, 6.45) is 3.29. The van der Waals surface area contributed by atoms with Gasteiger partial charge in [-0.15, -0.1) is 0 Å². The van der Waals surface area contributed by atoms with Crippen LogP contribution in [0, 0.1) is 13.8 Å². The monoisotopic (exact) mass is 197 g/mol. The summed E-state index contributed by atoms with van der Waals surface area (Å²) >= 11 is 0. The molecule has 2 heteroatoms. The lowest BCUT2D eigenvalue weighted by Gasteiger charge is -2.10. The van der Waals surface area contributed by atoms with Crippen molar-refractivity contribution in [1.29, 1.82) is 0 Å². The first-order chi connectivity index (χ1) is 7.20. The van der Waals surface area contributed by atoms with Gasteiger partial charge in [-0.25, -0.2) is 10.3 Å². The van der Waals surface area contributed by atoms with Crippen molar-refractivity contribution in [3.63, 3.8) is 0 Å². The summed E-state index contributed by atoms with van der Waals surface area (Å²) in [5.74, 6) is 0. The first-order valence-corrected chi connectivity index (χ1v) is 4.88. The van der Waals surface area contributed by atoms with Crippen molar-refractivity contribution in [2.24, 2.45) is 4.99 Å². The van der Waals surface area contributed by atoms with Gasteiger partial charge in [-0.05, 0) is 30.5 Å². The molecule has 0 amide bonds. The Kier molecular flexibility index (Phi) is 2.42. The minimum Gasteiger partial charge on any atom is -0.243 e. The summed E-state index contributed by atoms with van der Waals surface area (Å²) in [5.41, 5.74) is 5.46. The first kappa shape index (κ1) is 9.71. The molecule has 75 valence electrons. The minimum absolute atomic E-state index is 0.851. The van der Waals surface area contributed by atoms with Gasteiger partial charge in [0.2, 0.25) is 0 Å². The van der Waals surface area contributed by atoms with Crippen molar-refractivity contribution in [2.75, 3.05) is 0 Å². The van der Waals surface area contributed by atoms with Crippen LogP contribution >= 0.6 is 0 Å². The molecule has 0 saturated carbocycles. The third kappa shape index (κ3) is 1.71. The number of hydrogen-bond donors (Lipinski definition) is 0. The van der Waals surface area contributed by atoms with Crippen molar-refractivity contribution < 1.29 is 0 Å². The van der Waals surface area contributed by atoms with Crippen LogP contribution in [0.4, 0.5) is 0 Å². The van der Waals surface area contributed by atoms with Crippen LogP contribution in [0.3, 0.4) is 0 Å². The molecule has 1 aromatic rings. The first-order valence-electron chi connectivity index (χ1n) is 4.88. The van der Waals surface area contributed by atoms with Crippen molar-refractivity contribution in [3.05, 3.63) is 53.4 Å². The molecule has 0 aliphatic carbocycles. The number of nitrogens with zero attached hydrogens (tertiary/aromatic N) is 2. The highest BCUT2D eigenvalue weighted by molar-refractivity contribution is 5.83. The lowest BCUT2D eigenvalue weighted by Crippen LogP contribution is -2.00. The van der Waals surface area contributed by atoms with E-state index < -0.39 is 0 Å². The Morgan fingerprint density at radius 1 is 1.27 bits per heavy atom. The summed E-state index contributed by atoms with van der Waals surface area (Å²) in [6.45, 7) is 8.27. The Balaban J connectivity index is 2.38. The van der Waals surface area contributed by atoms with Gasteiger partial charge in [0, 0.05) is 5.57 Å². The summed E-state index contributed by atoms with van der Waals surface area (Å²) in [4.78, 5) is 3.95. The second kappa shape index (κ2) is 3.73. The average molecular weight is 197 g/mol. The Morgan fingerprint density at radius 3 is 2.73 bits per heavy atom. The van der Waals surface area contributed by atoms with E-state index in [1.165, 1.54) is 11.1 Å². The highest BCUT2D eigenvalue weighted by atomic mass is 15.0. The summed E-state index contributed by atoms with van der Waals surface area (Å²) in [6, 6.07) is 6.21. The molecule has 1 radical (unpaired) electrons. The van der Waals surface area contributed by atoms with E-state index in [0.29, 0.717) is 0 Å². The summed E-state index contributed by atoms with van der Waals surface area (Å²) < 4.78 is 0. The molecule has 0 atom stereocenters. The molecule has 0 fully saturated rings. The van der Waals surface area contributed by atoms with E-state index in [2.05, 4.69) is 42.9 Å². The molecule has 1 aliphatic rings. The molecule has 2 rings (SSSR count). The number of rotatable bonds is 2. The zero-order valence-electron chi connectivity index (χ0n) is 8.99. The Morgan fingerprint density at radius 2 is 2.07 bits per heavy atom. The topological polar surface area (TPSA) is 26.5 Å². The zero-order valence-corrected chi connectivity index (χ0v) is 8.99. The predicted octanol–water partition coefficient (Wildman–Crippen LogP) is 2.80. The molecule has 0 N–H and O–H groups in total. The van der Waals surface area contributed by atoms with E-state index in [9.17, 15) is 0 Å². The molecule has 0 bridgehead atoms. The lowest BCUT2D eigenvalue weighted by molar-refractivity contribution is 1.22. The van der Waals surface area contributed by atoms with Crippen LogP contribution in [0.15, 0.2) is 41.7 Å². The maximum atomic E-state index is 4.15. The fourth-order valence-electron chi connectivity index (χ4n) is 1.60. The fourth-order valence-corrected chi connectivity index (χ4v) is 1.60. The van der Waals surface area contributed by atoms with Gasteiger partial charge in [-0.1, -0.05) is 24.8 Å². The smallest absolute Gasteiger partial charge is 0.116 e. The third-order valence-electron chi connectivity index (χ3n) is 2.70. The molecule has 1 aromatic carbocycles. The molecule has 15 heavy (non-hydrogen) atoms. The molecule has 0 spiro atoms. The van der Waals surface area contributed by atoms with Gasteiger partial charge < -0.3 is 0 Å². The van der Waals surface area contributed by atoms with Crippen LogP contribution in [0.25, 0.3) is 5.57 Å². The summed E-state index contributed by atoms with van der Waals surface area (Å²) in [7, 11) is 0. The molecule has 2 nitrogen and oxygen atoms in total. The van der Waals surface area contributed by atoms with Gasteiger partial charge in [-0.3, -0.25) is 0 Å². The number of benzene rings is 1. The zero-order chi connectivity index (χ0) is 10.8. The van der Waals surface area contributed by atoms with Crippen LogP contribution in [0.5, 0.6) is 0 Å². The molecular weight excluding hydrogens is 184 g/mol. The van der Waals surface area contributed by atoms with Crippen LogP contribution in [-0.2, 0) is 0 Å². The number of aryl methyl sites for hydroxylation is 1. The number of hydrogen-bond acceptors (Lipinski definition) is 1. The van der Waals surface area contributed by atoms with Gasteiger partial charge in [0.1, 0.15) is 6.34 Å². The van der Waals surface area contributed by atoms with Gasteiger partial charge in [0.15, 0.2) is 0 Å². The highest BCUT2D eigenvalue weighted by Gasteiger charge is 2.11. The third-order valence-corrected chi connectivity index (χ3v) is 2.70. The second-order valence-electron chi connectivity index (χ2n) is 3.63. The van der Waals surface area contributed by atoms with Gasteiger partial charge >= 0.3 is 0 Å². The van der Waals surface area contributed by atoms with Crippen LogP contribution in [-0.4, -0.2) is 6.34 Å². The van der Waals surface area contributed by atoms with E-state index in [1.807, 2.05) is 6.07 Å².